The van der Waals surface area contributed by atoms with Crippen LogP contribution in [-0.4, -0.2) is 26.6 Å². The zero-order valence-corrected chi connectivity index (χ0v) is 16.6. The van der Waals surface area contributed by atoms with Gasteiger partial charge in [0.2, 0.25) is 0 Å². The summed E-state index contributed by atoms with van der Waals surface area (Å²) in [6, 6.07) is 3.92. The predicted octanol–water partition coefficient (Wildman–Crippen LogP) is 4.17. The minimum absolute atomic E-state index is 0.0431. The molecule has 3 heterocycles. The van der Waals surface area contributed by atoms with Gasteiger partial charge in [-0.2, -0.15) is 0 Å². The van der Waals surface area contributed by atoms with Crippen LogP contribution in [0.2, 0.25) is 0 Å². The van der Waals surface area contributed by atoms with Crippen LogP contribution in [-0.2, 0) is 6.54 Å². The standard InChI is InChI=1S/C21H27N3O3/c1-6-24-19-16(8-7-14(4)23-19)18-17(20(24)25)15(11-13(2)3)12-21(5,27-18)9-10-22-26/h7-8,10-11,15,26H,6,9,12H2,1-5H3/b22-10+/t15-,21+/m1/s1. The lowest BCUT2D eigenvalue weighted by atomic mass is 9.81. The smallest absolute Gasteiger partial charge is 0.259 e. The first-order valence-electron chi connectivity index (χ1n) is 9.33. The van der Waals surface area contributed by atoms with Gasteiger partial charge in [-0.15, -0.1) is 5.16 Å². The molecule has 144 valence electrons. The van der Waals surface area contributed by atoms with Crippen molar-refractivity contribution in [3.05, 3.63) is 45.4 Å². The Bertz CT molecular complexity index is 986. The van der Waals surface area contributed by atoms with E-state index in [4.69, 9.17) is 9.94 Å². The lowest BCUT2D eigenvalue weighted by Crippen LogP contribution is -2.41. The molecule has 27 heavy (non-hydrogen) atoms. The van der Waals surface area contributed by atoms with Crippen LogP contribution in [0.4, 0.5) is 0 Å². The average molecular weight is 369 g/mol. The van der Waals surface area contributed by atoms with E-state index in [0.717, 1.165) is 16.7 Å². The van der Waals surface area contributed by atoms with Gasteiger partial charge in [-0.25, -0.2) is 4.98 Å². The summed E-state index contributed by atoms with van der Waals surface area (Å²) >= 11 is 0. The molecule has 0 bridgehead atoms. The first-order chi connectivity index (χ1) is 12.8. The van der Waals surface area contributed by atoms with Gasteiger partial charge in [0.15, 0.2) is 0 Å². The van der Waals surface area contributed by atoms with E-state index in [-0.39, 0.29) is 11.5 Å². The average Bonchev–Trinajstić information content (AvgIpc) is 2.59. The summed E-state index contributed by atoms with van der Waals surface area (Å²) in [5.74, 6) is 0.543. The van der Waals surface area contributed by atoms with Crippen molar-refractivity contribution in [3.63, 3.8) is 0 Å². The van der Waals surface area contributed by atoms with Crippen LogP contribution in [0.5, 0.6) is 5.75 Å². The summed E-state index contributed by atoms with van der Waals surface area (Å²) in [4.78, 5) is 17.9. The molecule has 0 fully saturated rings. The first-order valence-corrected chi connectivity index (χ1v) is 9.33. The van der Waals surface area contributed by atoms with Crippen molar-refractivity contribution in [2.24, 2.45) is 5.16 Å². The molecule has 0 saturated carbocycles. The van der Waals surface area contributed by atoms with Gasteiger partial charge in [0.25, 0.3) is 5.56 Å². The lowest BCUT2D eigenvalue weighted by molar-refractivity contribution is 0.0679. The molecule has 2 aromatic rings. The largest absolute Gasteiger partial charge is 0.486 e. The highest BCUT2D eigenvalue weighted by Gasteiger charge is 2.39. The maximum atomic E-state index is 13.3. The zero-order valence-electron chi connectivity index (χ0n) is 16.6. The number of oxime groups is 1. The summed E-state index contributed by atoms with van der Waals surface area (Å²) in [5.41, 5.74) is 2.73. The van der Waals surface area contributed by atoms with Gasteiger partial charge < -0.3 is 9.94 Å². The van der Waals surface area contributed by atoms with Crippen LogP contribution in [0.25, 0.3) is 11.0 Å². The summed E-state index contributed by atoms with van der Waals surface area (Å²) in [6.07, 6.45) is 4.67. The molecule has 3 rings (SSSR count). The van der Waals surface area contributed by atoms with Crippen molar-refractivity contribution in [3.8, 4) is 5.75 Å². The van der Waals surface area contributed by atoms with Crippen LogP contribution < -0.4 is 10.3 Å². The maximum absolute atomic E-state index is 13.3. The van der Waals surface area contributed by atoms with Gasteiger partial charge in [0.05, 0.1) is 10.9 Å². The molecule has 0 radical (unpaired) electrons. The zero-order chi connectivity index (χ0) is 19.8. The Morgan fingerprint density at radius 1 is 1.48 bits per heavy atom. The number of aromatic nitrogens is 2. The first kappa shape index (κ1) is 19.1. The Morgan fingerprint density at radius 2 is 2.22 bits per heavy atom. The molecular weight excluding hydrogens is 342 g/mol. The Balaban J connectivity index is 2.35. The van der Waals surface area contributed by atoms with Crippen LogP contribution in [0.1, 0.15) is 57.7 Å². The van der Waals surface area contributed by atoms with Crippen LogP contribution >= 0.6 is 0 Å². The summed E-state index contributed by atoms with van der Waals surface area (Å²) in [5, 5.41) is 12.9. The molecule has 0 aromatic carbocycles. The number of hydrogen-bond donors (Lipinski definition) is 1. The molecule has 0 aliphatic carbocycles. The molecule has 2 atom stereocenters. The van der Waals surface area contributed by atoms with Crippen molar-refractivity contribution in [1.82, 2.24) is 9.55 Å². The number of fused-ring (bicyclic) bond motifs is 3. The lowest BCUT2D eigenvalue weighted by Gasteiger charge is -2.39. The molecule has 6 heteroatoms. The highest BCUT2D eigenvalue weighted by Crippen LogP contribution is 2.44. The van der Waals surface area contributed by atoms with Crippen LogP contribution in [0.3, 0.4) is 0 Å². The predicted molar refractivity (Wildman–Crippen MR) is 107 cm³/mol. The summed E-state index contributed by atoms with van der Waals surface area (Å²) < 4.78 is 8.11. The second kappa shape index (κ2) is 7.18. The van der Waals surface area contributed by atoms with E-state index in [9.17, 15) is 4.79 Å². The monoisotopic (exact) mass is 369 g/mol. The molecule has 0 spiro atoms. The number of ether oxygens (including phenoxy) is 1. The molecule has 0 unspecified atom stereocenters. The number of nitrogens with zero attached hydrogens (tertiary/aromatic N) is 3. The van der Waals surface area contributed by atoms with Crippen LogP contribution in [0, 0.1) is 6.92 Å². The molecular formula is C21H27N3O3. The van der Waals surface area contributed by atoms with E-state index < -0.39 is 5.60 Å². The fourth-order valence-electron chi connectivity index (χ4n) is 3.90. The van der Waals surface area contributed by atoms with Gasteiger partial charge in [0.1, 0.15) is 17.0 Å². The Kier molecular flexibility index (Phi) is 5.09. The van der Waals surface area contributed by atoms with Crippen molar-refractivity contribution >= 4 is 17.2 Å². The second-order valence-electron chi connectivity index (χ2n) is 7.72. The molecule has 6 nitrogen and oxygen atoms in total. The Hall–Kier alpha value is -2.63. The molecule has 2 aromatic heterocycles. The van der Waals surface area contributed by atoms with E-state index in [1.54, 1.807) is 4.57 Å². The minimum atomic E-state index is -0.571. The number of hydrogen-bond acceptors (Lipinski definition) is 5. The van der Waals surface area contributed by atoms with Gasteiger partial charge in [0, 0.05) is 30.8 Å². The highest BCUT2D eigenvalue weighted by atomic mass is 16.5. The van der Waals surface area contributed by atoms with E-state index in [2.05, 4.69) is 16.2 Å². The molecule has 1 aliphatic rings. The SMILES string of the molecule is CCn1c(=O)c2c(c3ccc(C)nc31)O[C@@](C)(C/C=N/O)C[C@H]2C=C(C)C. The Morgan fingerprint density at radius 3 is 2.85 bits per heavy atom. The van der Waals surface area contributed by atoms with Crippen molar-refractivity contribution in [1.29, 1.82) is 0 Å². The fraction of sp³-hybridized carbons (Fsp3) is 0.476. The number of rotatable bonds is 4. The van der Waals surface area contributed by atoms with Gasteiger partial charge in [-0.05, 0) is 53.2 Å². The van der Waals surface area contributed by atoms with Gasteiger partial charge in [-0.1, -0.05) is 11.6 Å². The fourth-order valence-corrected chi connectivity index (χ4v) is 3.90. The van der Waals surface area contributed by atoms with Crippen molar-refractivity contribution < 1.29 is 9.94 Å². The second-order valence-corrected chi connectivity index (χ2v) is 7.72. The topological polar surface area (TPSA) is 76.7 Å². The maximum Gasteiger partial charge on any atom is 0.259 e. The number of allylic oxidation sites excluding steroid dienone is 2. The molecule has 1 N–H and O–H groups in total. The summed E-state index contributed by atoms with van der Waals surface area (Å²) in [6.45, 7) is 10.5. The normalized spacial score (nSPS) is 21.9. The van der Waals surface area contributed by atoms with Crippen LogP contribution in [0.15, 0.2) is 33.7 Å². The van der Waals surface area contributed by atoms with Crippen molar-refractivity contribution in [2.45, 2.75) is 65.5 Å². The Labute approximate surface area is 159 Å². The molecule has 0 amide bonds. The third kappa shape index (κ3) is 3.48. The number of aryl methyl sites for hydroxylation is 2. The molecule has 0 saturated heterocycles. The quantitative estimate of drug-likeness (QED) is 0.380. The van der Waals surface area contributed by atoms with E-state index in [1.807, 2.05) is 46.8 Å². The van der Waals surface area contributed by atoms with E-state index >= 15 is 0 Å². The van der Waals surface area contributed by atoms with Gasteiger partial charge in [-0.3, -0.25) is 9.36 Å². The summed E-state index contributed by atoms with van der Waals surface area (Å²) in [7, 11) is 0. The van der Waals surface area contributed by atoms with Crippen molar-refractivity contribution in [2.75, 3.05) is 0 Å². The molecule has 1 aliphatic heterocycles. The van der Waals surface area contributed by atoms with E-state index in [1.165, 1.54) is 6.21 Å². The minimum Gasteiger partial charge on any atom is -0.486 e. The third-order valence-corrected chi connectivity index (χ3v) is 5.06. The van der Waals surface area contributed by atoms with Gasteiger partial charge >= 0.3 is 0 Å². The third-order valence-electron chi connectivity index (χ3n) is 5.06. The number of pyridine rings is 2. The van der Waals surface area contributed by atoms with E-state index in [0.29, 0.717) is 36.3 Å². The highest BCUT2D eigenvalue weighted by molar-refractivity contribution is 5.85.